The first kappa shape index (κ1) is 13.7. The van der Waals surface area contributed by atoms with E-state index in [1.807, 2.05) is 19.9 Å². The molecule has 1 heterocycles. The van der Waals surface area contributed by atoms with Crippen molar-refractivity contribution < 1.29 is 0 Å². The Morgan fingerprint density at radius 3 is 2.29 bits per heavy atom. The third kappa shape index (κ3) is 4.58. The molecule has 1 aliphatic heterocycles. The van der Waals surface area contributed by atoms with Crippen LogP contribution in [0.25, 0.3) is 0 Å². The van der Waals surface area contributed by atoms with Crippen LogP contribution < -0.4 is 0 Å². The minimum Gasteiger partial charge on any atom is -0.299 e. The van der Waals surface area contributed by atoms with Crippen LogP contribution in [0.2, 0.25) is 0 Å². The molecule has 1 aromatic rings. The molecule has 0 aromatic heterocycles. The standard InChI is InChI=1S/C13H16N2.C2H6/c14-10-12-6-8-15(9-7-12)11-13-4-2-1-3-5-13;1-2/h1-5,12H,6-9,11H2;1-2H3. The van der Waals surface area contributed by atoms with Gasteiger partial charge in [-0.3, -0.25) is 4.90 Å². The smallest absolute Gasteiger partial charge is 0.0656 e. The topological polar surface area (TPSA) is 27.0 Å². The third-order valence-electron chi connectivity index (χ3n) is 3.02. The quantitative estimate of drug-likeness (QED) is 0.778. The molecule has 0 amide bonds. The summed E-state index contributed by atoms with van der Waals surface area (Å²) in [7, 11) is 0. The number of hydrogen-bond acceptors (Lipinski definition) is 2. The molecule has 2 heteroatoms. The highest BCUT2D eigenvalue weighted by Gasteiger charge is 2.18. The molecule has 92 valence electrons. The Kier molecular flexibility index (Phi) is 6.35. The summed E-state index contributed by atoms with van der Waals surface area (Å²) in [6.07, 6.45) is 2.06. The number of hydrogen-bond donors (Lipinski definition) is 0. The molecule has 0 aliphatic carbocycles. The minimum absolute atomic E-state index is 0.289. The summed E-state index contributed by atoms with van der Waals surface area (Å²) in [5.41, 5.74) is 1.37. The van der Waals surface area contributed by atoms with Crippen molar-refractivity contribution in [2.45, 2.75) is 33.2 Å². The van der Waals surface area contributed by atoms with Crippen LogP contribution in [-0.2, 0) is 6.54 Å². The lowest BCUT2D eigenvalue weighted by molar-refractivity contribution is 0.198. The Labute approximate surface area is 105 Å². The fourth-order valence-corrected chi connectivity index (χ4v) is 2.06. The van der Waals surface area contributed by atoms with Crippen LogP contribution in [0.15, 0.2) is 30.3 Å². The van der Waals surface area contributed by atoms with E-state index >= 15 is 0 Å². The van der Waals surface area contributed by atoms with Crippen molar-refractivity contribution in [1.82, 2.24) is 4.90 Å². The van der Waals surface area contributed by atoms with Crippen molar-refractivity contribution >= 4 is 0 Å². The fourth-order valence-electron chi connectivity index (χ4n) is 2.06. The van der Waals surface area contributed by atoms with E-state index in [-0.39, 0.29) is 5.92 Å². The van der Waals surface area contributed by atoms with Crippen LogP contribution in [0.5, 0.6) is 0 Å². The van der Waals surface area contributed by atoms with E-state index in [9.17, 15) is 0 Å². The van der Waals surface area contributed by atoms with Crippen LogP contribution in [0, 0.1) is 17.2 Å². The Bertz CT molecular complexity index is 332. The molecule has 0 atom stereocenters. The van der Waals surface area contributed by atoms with Gasteiger partial charge in [0.05, 0.1) is 6.07 Å². The summed E-state index contributed by atoms with van der Waals surface area (Å²) in [6, 6.07) is 12.9. The van der Waals surface area contributed by atoms with Gasteiger partial charge in [0.15, 0.2) is 0 Å². The van der Waals surface area contributed by atoms with Gasteiger partial charge in [-0.15, -0.1) is 0 Å². The van der Waals surface area contributed by atoms with E-state index in [0.717, 1.165) is 32.5 Å². The van der Waals surface area contributed by atoms with Crippen molar-refractivity contribution in [3.8, 4) is 6.07 Å². The number of nitriles is 1. The second kappa shape index (κ2) is 7.86. The first-order valence-corrected chi connectivity index (χ1v) is 6.54. The van der Waals surface area contributed by atoms with Crippen LogP contribution in [0.4, 0.5) is 0 Å². The Balaban J connectivity index is 0.000000686. The number of likely N-dealkylation sites (tertiary alicyclic amines) is 1. The molecule has 0 radical (unpaired) electrons. The monoisotopic (exact) mass is 230 g/mol. The fraction of sp³-hybridized carbons (Fsp3) is 0.533. The summed E-state index contributed by atoms with van der Waals surface area (Å²) >= 11 is 0. The molecule has 0 unspecified atom stereocenters. The van der Waals surface area contributed by atoms with Gasteiger partial charge >= 0.3 is 0 Å². The number of nitrogens with zero attached hydrogens (tertiary/aromatic N) is 2. The van der Waals surface area contributed by atoms with Gasteiger partial charge in [0.25, 0.3) is 0 Å². The van der Waals surface area contributed by atoms with Gasteiger partial charge in [-0.25, -0.2) is 0 Å². The largest absolute Gasteiger partial charge is 0.299 e. The zero-order valence-electron chi connectivity index (χ0n) is 10.9. The molecule has 1 fully saturated rings. The Hall–Kier alpha value is -1.33. The summed E-state index contributed by atoms with van der Waals surface area (Å²) in [4.78, 5) is 2.43. The SMILES string of the molecule is CC.N#CC1CCN(Cc2ccccc2)CC1. The molecule has 1 saturated heterocycles. The number of benzene rings is 1. The van der Waals surface area contributed by atoms with Gasteiger partial charge in [0, 0.05) is 12.5 Å². The van der Waals surface area contributed by atoms with Crippen molar-refractivity contribution in [1.29, 1.82) is 5.26 Å². The van der Waals surface area contributed by atoms with Crippen LogP contribution >= 0.6 is 0 Å². The van der Waals surface area contributed by atoms with Crippen LogP contribution in [-0.4, -0.2) is 18.0 Å². The molecule has 0 bridgehead atoms. The maximum Gasteiger partial charge on any atom is 0.0656 e. The van der Waals surface area contributed by atoms with Crippen LogP contribution in [0.1, 0.15) is 32.3 Å². The maximum atomic E-state index is 8.80. The van der Waals surface area contributed by atoms with Gasteiger partial charge in [0.1, 0.15) is 0 Å². The second-order valence-corrected chi connectivity index (χ2v) is 4.17. The van der Waals surface area contributed by atoms with E-state index in [4.69, 9.17) is 5.26 Å². The van der Waals surface area contributed by atoms with E-state index in [1.165, 1.54) is 5.56 Å². The van der Waals surface area contributed by atoms with E-state index in [2.05, 4.69) is 35.2 Å². The van der Waals surface area contributed by atoms with E-state index in [0.29, 0.717) is 0 Å². The lowest BCUT2D eigenvalue weighted by atomic mass is 9.98. The van der Waals surface area contributed by atoms with Crippen molar-refractivity contribution in [3.63, 3.8) is 0 Å². The lowest BCUT2D eigenvalue weighted by Crippen LogP contribution is -2.32. The first-order valence-electron chi connectivity index (χ1n) is 6.54. The summed E-state index contributed by atoms with van der Waals surface area (Å²) < 4.78 is 0. The van der Waals surface area contributed by atoms with Gasteiger partial charge in [-0.2, -0.15) is 5.26 Å². The van der Waals surface area contributed by atoms with Gasteiger partial charge in [0.2, 0.25) is 0 Å². The third-order valence-corrected chi connectivity index (χ3v) is 3.02. The predicted molar refractivity (Wildman–Crippen MR) is 71.4 cm³/mol. The highest BCUT2D eigenvalue weighted by molar-refractivity contribution is 5.14. The second-order valence-electron chi connectivity index (χ2n) is 4.17. The summed E-state index contributed by atoms with van der Waals surface area (Å²) in [5.74, 6) is 0.289. The average molecular weight is 230 g/mol. The first-order chi connectivity index (χ1) is 8.38. The van der Waals surface area contributed by atoms with Gasteiger partial charge in [-0.05, 0) is 31.5 Å². The Morgan fingerprint density at radius 2 is 1.76 bits per heavy atom. The Morgan fingerprint density at radius 1 is 1.18 bits per heavy atom. The predicted octanol–water partition coefficient (Wildman–Crippen LogP) is 3.45. The molecule has 0 spiro atoms. The molecule has 1 aliphatic rings. The van der Waals surface area contributed by atoms with Crippen LogP contribution in [0.3, 0.4) is 0 Å². The molecule has 17 heavy (non-hydrogen) atoms. The van der Waals surface area contributed by atoms with Crippen molar-refractivity contribution in [2.75, 3.05) is 13.1 Å². The molecule has 2 rings (SSSR count). The normalized spacial score (nSPS) is 16.8. The van der Waals surface area contributed by atoms with Gasteiger partial charge < -0.3 is 0 Å². The zero-order chi connectivity index (χ0) is 12.5. The molecule has 1 aromatic carbocycles. The number of rotatable bonds is 2. The minimum atomic E-state index is 0.289. The van der Waals surface area contributed by atoms with E-state index < -0.39 is 0 Å². The lowest BCUT2D eigenvalue weighted by Gasteiger charge is -2.28. The highest BCUT2D eigenvalue weighted by atomic mass is 15.1. The summed E-state index contributed by atoms with van der Waals surface area (Å²) in [6.45, 7) is 7.15. The molecular weight excluding hydrogens is 208 g/mol. The maximum absolute atomic E-state index is 8.80. The average Bonchev–Trinajstić information content (AvgIpc) is 2.43. The van der Waals surface area contributed by atoms with Crippen molar-refractivity contribution in [3.05, 3.63) is 35.9 Å². The van der Waals surface area contributed by atoms with Crippen molar-refractivity contribution in [2.24, 2.45) is 5.92 Å². The highest BCUT2D eigenvalue weighted by Crippen LogP contribution is 2.17. The molecule has 0 saturated carbocycles. The summed E-state index contributed by atoms with van der Waals surface area (Å²) in [5, 5.41) is 8.80. The van der Waals surface area contributed by atoms with Gasteiger partial charge in [-0.1, -0.05) is 44.2 Å². The molecular formula is C15H22N2. The molecule has 0 N–H and O–H groups in total. The zero-order valence-corrected chi connectivity index (χ0v) is 10.9. The number of piperidine rings is 1. The molecule has 2 nitrogen and oxygen atoms in total. The van der Waals surface area contributed by atoms with E-state index in [1.54, 1.807) is 0 Å².